The average Bonchev–Trinajstić information content (AvgIpc) is 3.03. The summed E-state index contributed by atoms with van der Waals surface area (Å²) in [5.41, 5.74) is 2.45. The summed E-state index contributed by atoms with van der Waals surface area (Å²) in [4.78, 5) is 4.81. The lowest BCUT2D eigenvalue weighted by molar-refractivity contribution is 0.593. The Labute approximate surface area is 96.7 Å². The Kier molecular flexibility index (Phi) is 2.89. The van der Waals surface area contributed by atoms with Crippen LogP contribution in [-0.2, 0) is 0 Å². The molecule has 3 heteroatoms. The maximum Gasteiger partial charge on any atom is 0.0577 e. The van der Waals surface area contributed by atoms with E-state index in [1.165, 1.54) is 37.1 Å². The summed E-state index contributed by atoms with van der Waals surface area (Å²) < 4.78 is 0. The van der Waals surface area contributed by atoms with Gasteiger partial charge in [0, 0.05) is 12.1 Å². The largest absolute Gasteiger partial charge is 0.309 e. The second-order valence-electron chi connectivity index (χ2n) is 4.79. The van der Waals surface area contributed by atoms with Crippen LogP contribution in [0.5, 0.6) is 0 Å². The maximum atomic E-state index is 4.81. The number of nitrogens with zero attached hydrogens (tertiary/aromatic N) is 1. The van der Waals surface area contributed by atoms with E-state index in [0.717, 1.165) is 13.1 Å². The normalized spacial score (nSPS) is 29.8. The highest BCUT2D eigenvalue weighted by Crippen LogP contribution is 2.25. The molecule has 0 saturated carbocycles. The van der Waals surface area contributed by atoms with Gasteiger partial charge in [0.2, 0.25) is 0 Å². The molecule has 1 aromatic heterocycles. The maximum absolute atomic E-state index is 4.81. The predicted octanol–water partition coefficient (Wildman–Crippen LogP) is 1.93. The molecule has 3 nitrogen and oxygen atoms in total. The summed E-state index contributed by atoms with van der Waals surface area (Å²) in [6.07, 6.45) is 5.01. The molecule has 0 spiro atoms. The fourth-order valence-electron chi connectivity index (χ4n) is 2.73. The minimum atomic E-state index is 0.487. The Morgan fingerprint density at radius 3 is 1.94 bits per heavy atom. The fraction of sp³-hybridized carbons (Fsp3) is 0.615. The molecule has 0 bridgehead atoms. The summed E-state index contributed by atoms with van der Waals surface area (Å²) in [5.74, 6) is 0. The van der Waals surface area contributed by atoms with Gasteiger partial charge in [-0.1, -0.05) is 6.07 Å². The first-order valence-corrected chi connectivity index (χ1v) is 6.37. The van der Waals surface area contributed by atoms with Crippen molar-refractivity contribution >= 4 is 0 Å². The third-order valence-corrected chi connectivity index (χ3v) is 3.63. The minimum absolute atomic E-state index is 0.487. The summed E-state index contributed by atoms with van der Waals surface area (Å²) >= 11 is 0. The van der Waals surface area contributed by atoms with Crippen molar-refractivity contribution in [2.45, 2.75) is 37.8 Å². The third kappa shape index (κ3) is 1.97. The van der Waals surface area contributed by atoms with Crippen LogP contribution in [0.4, 0.5) is 0 Å². The van der Waals surface area contributed by atoms with Crippen molar-refractivity contribution in [1.82, 2.24) is 15.6 Å². The molecule has 2 aliphatic heterocycles. The minimum Gasteiger partial charge on any atom is -0.309 e. The molecule has 0 aromatic carbocycles. The topological polar surface area (TPSA) is 37.0 Å². The molecule has 1 aromatic rings. The van der Waals surface area contributed by atoms with E-state index in [1.54, 1.807) is 0 Å². The van der Waals surface area contributed by atoms with Gasteiger partial charge in [0.1, 0.15) is 0 Å². The van der Waals surface area contributed by atoms with E-state index >= 15 is 0 Å². The quantitative estimate of drug-likeness (QED) is 0.795. The van der Waals surface area contributed by atoms with Crippen molar-refractivity contribution in [2.24, 2.45) is 0 Å². The summed E-state index contributed by atoms with van der Waals surface area (Å²) in [7, 11) is 0. The lowest BCUT2D eigenvalue weighted by Crippen LogP contribution is -2.18. The predicted molar refractivity (Wildman–Crippen MR) is 64.2 cm³/mol. The van der Waals surface area contributed by atoms with Crippen LogP contribution in [0.25, 0.3) is 0 Å². The van der Waals surface area contributed by atoms with Gasteiger partial charge >= 0.3 is 0 Å². The van der Waals surface area contributed by atoms with Crippen molar-refractivity contribution in [1.29, 1.82) is 0 Å². The third-order valence-electron chi connectivity index (χ3n) is 3.63. The van der Waals surface area contributed by atoms with E-state index in [9.17, 15) is 0 Å². The van der Waals surface area contributed by atoms with Gasteiger partial charge in [0.25, 0.3) is 0 Å². The Morgan fingerprint density at radius 2 is 1.50 bits per heavy atom. The van der Waals surface area contributed by atoms with E-state index in [1.807, 2.05) is 0 Å². The van der Waals surface area contributed by atoms with Crippen molar-refractivity contribution in [3.05, 3.63) is 29.6 Å². The van der Waals surface area contributed by atoms with Crippen LogP contribution in [0.2, 0.25) is 0 Å². The Balaban J connectivity index is 1.81. The zero-order valence-electron chi connectivity index (χ0n) is 9.58. The number of nitrogens with one attached hydrogen (secondary N) is 2. The van der Waals surface area contributed by atoms with Crippen molar-refractivity contribution in [3.8, 4) is 0 Å². The SMILES string of the molecule is c1cc([C@H]2CCCN2)nc([C@H]2CCCN2)c1. The zero-order chi connectivity index (χ0) is 10.8. The second-order valence-corrected chi connectivity index (χ2v) is 4.79. The second kappa shape index (κ2) is 4.52. The molecule has 2 N–H and O–H groups in total. The molecular weight excluding hydrogens is 198 g/mol. The number of hydrogen-bond acceptors (Lipinski definition) is 3. The fourth-order valence-corrected chi connectivity index (χ4v) is 2.73. The van der Waals surface area contributed by atoms with E-state index in [2.05, 4.69) is 28.8 Å². The van der Waals surface area contributed by atoms with Crippen LogP contribution < -0.4 is 10.6 Å². The smallest absolute Gasteiger partial charge is 0.0577 e. The van der Waals surface area contributed by atoms with Crippen LogP contribution in [0.15, 0.2) is 18.2 Å². The highest BCUT2D eigenvalue weighted by atomic mass is 15.0. The van der Waals surface area contributed by atoms with Crippen molar-refractivity contribution in [2.75, 3.05) is 13.1 Å². The van der Waals surface area contributed by atoms with Crippen molar-refractivity contribution < 1.29 is 0 Å². The highest BCUT2D eigenvalue weighted by molar-refractivity contribution is 5.18. The first kappa shape index (κ1) is 10.2. The number of pyridine rings is 1. The van der Waals surface area contributed by atoms with Crippen LogP contribution in [0.1, 0.15) is 49.2 Å². The molecule has 16 heavy (non-hydrogen) atoms. The average molecular weight is 217 g/mol. The molecule has 0 radical (unpaired) electrons. The van der Waals surface area contributed by atoms with Crippen LogP contribution in [0, 0.1) is 0 Å². The van der Waals surface area contributed by atoms with E-state index in [4.69, 9.17) is 4.98 Å². The van der Waals surface area contributed by atoms with Gasteiger partial charge in [0.05, 0.1) is 11.4 Å². The molecule has 2 saturated heterocycles. The van der Waals surface area contributed by atoms with Gasteiger partial charge in [-0.15, -0.1) is 0 Å². The molecule has 0 amide bonds. The van der Waals surface area contributed by atoms with Crippen LogP contribution >= 0.6 is 0 Å². The summed E-state index contributed by atoms with van der Waals surface area (Å²) in [6.45, 7) is 2.27. The summed E-state index contributed by atoms with van der Waals surface area (Å²) in [5, 5.41) is 7.02. The number of aromatic nitrogens is 1. The first-order valence-electron chi connectivity index (χ1n) is 6.37. The van der Waals surface area contributed by atoms with Crippen molar-refractivity contribution in [3.63, 3.8) is 0 Å². The monoisotopic (exact) mass is 217 g/mol. The van der Waals surface area contributed by atoms with Gasteiger partial charge in [-0.05, 0) is 50.9 Å². The Morgan fingerprint density at radius 1 is 0.938 bits per heavy atom. The lowest BCUT2D eigenvalue weighted by atomic mass is 10.1. The molecule has 0 aliphatic carbocycles. The van der Waals surface area contributed by atoms with Gasteiger partial charge in [0.15, 0.2) is 0 Å². The van der Waals surface area contributed by atoms with Crippen LogP contribution in [-0.4, -0.2) is 18.1 Å². The first-order chi connectivity index (χ1) is 7.93. The van der Waals surface area contributed by atoms with Crippen LogP contribution in [0.3, 0.4) is 0 Å². The van der Waals surface area contributed by atoms with Gasteiger partial charge < -0.3 is 10.6 Å². The molecule has 2 fully saturated rings. The molecule has 3 rings (SSSR count). The van der Waals surface area contributed by atoms with Gasteiger partial charge in [-0.25, -0.2) is 0 Å². The molecule has 2 aliphatic rings. The van der Waals surface area contributed by atoms with E-state index in [0.29, 0.717) is 12.1 Å². The molecule has 3 heterocycles. The zero-order valence-corrected chi connectivity index (χ0v) is 9.58. The summed E-state index contributed by atoms with van der Waals surface area (Å²) in [6, 6.07) is 7.43. The standard InChI is InChI=1S/C13H19N3/c1-4-12(10-6-2-8-14-10)16-13(5-1)11-7-3-9-15-11/h1,4-5,10-11,14-15H,2-3,6-9H2/t10-,11-/m1/s1. The van der Waals surface area contributed by atoms with E-state index in [-0.39, 0.29) is 0 Å². The molecular formula is C13H19N3. The Hall–Kier alpha value is -0.930. The number of hydrogen-bond donors (Lipinski definition) is 2. The van der Waals surface area contributed by atoms with E-state index < -0.39 is 0 Å². The van der Waals surface area contributed by atoms with Gasteiger partial charge in [-0.2, -0.15) is 0 Å². The highest BCUT2D eigenvalue weighted by Gasteiger charge is 2.21. The lowest BCUT2D eigenvalue weighted by Gasteiger charge is -2.14. The molecule has 2 atom stereocenters. The number of rotatable bonds is 2. The van der Waals surface area contributed by atoms with Gasteiger partial charge in [-0.3, -0.25) is 4.98 Å². The Bertz CT molecular complexity index is 321. The molecule has 86 valence electrons. The molecule has 0 unspecified atom stereocenters.